The van der Waals surface area contributed by atoms with Crippen LogP contribution in [0.1, 0.15) is 6.92 Å². The molecule has 4 nitrogen and oxygen atoms in total. The van der Waals surface area contributed by atoms with Crippen LogP contribution in [0.2, 0.25) is 0 Å². The van der Waals surface area contributed by atoms with E-state index in [4.69, 9.17) is 4.74 Å². The number of nitrogens with one attached hydrogen (secondary N) is 1. The number of likely N-dealkylation sites (N-methyl/N-ethyl adjacent to an activating group) is 2. The minimum atomic E-state index is 0.551. The van der Waals surface area contributed by atoms with Gasteiger partial charge in [-0.25, -0.2) is 0 Å². The molecule has 0 radical (unpaired) electrons. The summed E-state index contributed by atoms with van der Waals surface area (Å²) in [6, 6.07) is 1.24. The van der Waals surface area contributed by atoms with Crippen molar-refractivity contribution in [3.8, 4) is 0 Å². The van der Waals surface area contributed by atoms with E-state index in [0.29, 0.717) is 18.0 Å². The van der Waals surface area contributed by atoms with E-state index in [-0.39, 0.29) is 0 Å². The summed E-state index contributed by atoms with van der Waals surface area (Å²) < 4.78 is 5.55. The van der Waals surface area contributed by atoms with Crippen molar-refractivity contribution < 1.29 is 4.74 Å². The van der Waals surface area contributed by atoms with Crippen molar-refractivity contribution in [3.63, 3.8) is 0 Å². The largest absolute Gasteiger partial charge is 0.379 e. The van der Waals surface area contributed by atoms with Crippen LogP contribution < -0.4 is 5.32 Å². The first-order chi connectivity index (χ1) is 7.70. The van der Waals surface area contributed by atoms with E-state index in [1.54, 1.807) is 0 Å². The van der Waals surface area contributed by atoms with Crippen molar-refractivity contribution in [3.05, 3.63) is 0 Å². The molecule has 2 saturated heterocycles. The maximum Gasteiger partial charge on any atom is 0.0623 e. The molecule has 0 aromatic carbocycles. The third kappa shape index (κ3) is 2.74. The molecular formula is C12H25N3O. The molecule has 2 aliphatic heterocycles. The number of nitrogens with zero attached hydrogens (tertiary/aromatic N) is 2. The Hall–Kier alpha value is -0.160. The SMILES string of the molecule is CNC1COCC1CN1CCN(C)C(C)C1. The van der Waals surface area contributed by atoms with Gasteiger partial charge in [0.15, 0.2) is 0 Å². The highest BCUT2D eigenvalue weighted by Gasteiger charge is 2.30. The maximum atomic E-state index is 5.55. The van der Waals surface area contributed by atoms with Gasteiger partial charge in [-0.1, -0.05) is 0 Å². The molecule has 3 atom stereocenters. The van der Waals surface area contributed by atoms with Gasteiger partial charge in [-0.3, -0.25) is 0 Å². The summed E-state index contributed by atoms with van der Waals surface area (Å²) in [7, 11) is 4.26. The van der Waals surface area contributed by atoms with Crippen LogP contribution in [0.25, 0.3) is 0 Å². The minimum absolute atomic E-state index is 0.551. The van der Waals surface area contributed by atoms with E-state index >= 15 is 0 Å². The van der Waals surface area contributed by atoms with Gasteiger partial charge in [-0.2, -0.15) is 0 Å². The van der Waals surface area contributed by atoms with Crippen LogP contribution in [0.15, 0.2) is 0 Å². The molecule has 2 rings (SSSR count). The molecule has 0 aromatic heterocycles. The first kappa shape index (κ1) is 12.3. The molecule has 2 aliphatic rings. The summed E-state index contributed by atoms with van der Waals surface area (Å²) in [5, 5.41) is 3.36. The Balaban J connectivity index is 1.81. The van der Waals surface area contributed by atoms with E-state index in [0.717, 1.165) is 13.2 Å². The highest BCUT2D eigenvalue weighted by atomic mass is 16.5. The summed E-state index contributed by atoms with van der Waals surface area (Å²) in [4.78, 5) is 5.03. The van der Waals surface area contributed by atoms with Crippen LogP contribution in [-0.4, -0.2) is 75.4 Å². The van der Waals surface area contributed by atoms with E-state index in [9.17, 15) is 0 Å². The molecule has 0 spiro atoms. The lowest BCUT2D eigenvalue weighted by atomic mass is 10.0. The maximum absolute atomic E-state index is 5.55. The summed E-state index contributed by atoms with van der Waals surface area (Å²) in [5.41, 5.74) is 0. The van der Waals surface area contributed by atoms with Gasteiger partial charge in [0, 0.05) is 44.2 Å². The van der Waals surface area contributed by atoms with E-state index in [2.05, 4.69) is 29.1 Å². The molecule has 0 bridgehead atoms. The van der Waals surface area contributed by atoms with Gasteiger partial charge in [0.05, 0.1) is 13.2 Å². The highest BCUT2D eigenvalue weighted by Crippen LogP contribution is 2.17. The Morgan fingerprint density at radius 2 is 2.12 bits per heavy atom. The molecule has 94 valence electrons. The van der Waals surface area contributed by atoms with Crippen molar-refractivity contribution in [1.29, 1.82) is 0 Å². The molecule has 4 heteroatoms. The minimum Gasteiger partial charge on any atom is -0.379 e. The Morgan fingerprint density at radius 1 is 1.31 bits per heavy atom. The lowest BCUT2D eigenvalue weighted by molar-refractivity contribution is 0.0864. The van der Waals surface area contributed by atoms with Gasteiger partial charge in [0.25, 0.3) is 0 Å². The van der Waals surface area contributed by atoms with Gasteiger partial charge in [0.1, 0.15) is 0 Å². The molecule has 0 saturated carbocycles. The number of piperazine rings is 1. The zero-order valence-electron chi connectivity index (χ0n) is 10.8. The van der Waals surface area contributed by atoms with E-state index in [1.807, 2.05) is 7.05 Å². The third-order valence-corrected chi connectivity index (χ3v) is 4.11. The number of hydrogen-bond acceptors (Lipinski definition) is 4. The van der Waals surface area contributed by atoms with Crippen LogP contribution in [0.3, 0.4) is 0 Å². The van der Waals surface area contributed by atoms with Crippen LogP contribution in [-0.2, 0) is 4.74 Å². The second kappa shape index (κ2) is 5.45. The van der Waals surface area contributed by atoms with Gasteiger partial charge >= 0.3 is 0 Å². The normalized spacial score (nSPS) is 38.1. The van der Waals surface area contributed by atoms with E-state index < -0.39 is 0 Å². The Morgan fingerprint density at radius 3 is 2.81 bits per heavy atom. The topological polar surface area (TPSA) is 27.7 Å². The molecule has 16 heavy (non-hydrogen) atoms. The predicted octanol–water partition coefficient (Wildman–Crippen LogP) is -0.143. The Kier molecular flexibility index (Phi) is 4.19. The summed E-state index contributed by atoms with van der Waals surface area (Å²) >= 11 is 0. The Labute approximate surface area is 98.9 Å². The number of hydrogen-bond donors (Lipinski definition) is 1. The second-order valence-corrected chi connectivity index (χ2v) is 5.28. The molecule has 0 aromatic rings. The molecule has 2 fully saturated rings. The monoisotopic (exact) mass is 227 g/mol. The van der Waals surface area contributed by atoms with Crippen molar-refractivity contribution in [2.75, 3.05) is 53.5 Å². The zero-order valence-corrected chi connectivity index (χ0v) is 10.8. The van der Waals surface area contributed by atoms with Crippen LogP contribution in [0.4, 0.5) is 0 Å². The molecule has 2 heterocycles. The smallest absolute Gasteiger partial charge is 0.0623 e. The van der Waals surface area contributed by atoms with Crippen LogP contribution in [0, 0.1) is 5.92 Å². The van der Waals surface area contributed by atoms with Gasteiger partial charge in [0.2, 0.25) is 0 Å². The van der Waals surface area contributed by atoms with Gasteiger partial charge < -0.3 is 19.9 Å². The standard InChI is InChI=1S/C12H25N3O/c1-10-6-15(5-4-14(10)3)7-11-8-16-9-12(11)13-2/h10-13H,4-9H2,1-3H3. The summed E-state index contributed by atoms with van der Waals surface area (Å²) in [6.45, 7) is 8.89. The molecule has 0 aliphatic carbocycles. The zero-order chi connectivity index (χ0) is 11.5. The molecular weight excluding hydrogens is 202 g/mol. The second-order valence-electron chi connectivity index (χ2n) is 5.28. The average molecular weight is 227 g/mol. The third-order valence-electron chi connectivity index (χ3n) is 4.11. The van der Waals surface area contributed by atoms with Crippen molar-refractivity contribution in [2.24, 2.45) is 5.92 Å². The molecule has 3 unspecified atom stereocenters. The van der Waals surface area contributed by atoms with Crippen molar-refractivity contribution >= 4 is 0 Å². The lowest BCUT2D eigenvalue weighted by Gasteiger charge is -2.39. The lowest BCUT2D eigenvalue weighted by Crippen LogP contribution is -2.52. The summed E-state index contributed by atoms with van der Waals surface area (Å²) in [6.07, 6.45) is 0. The van der Waals surface area contributed by atoms with Gasteiger partial charge in [-0.05, 0) is 21.0 Å². The first-order valence-corrected chi connectivity index (χ1v) is 6.38. The number of ether oxygens (including phenoxy) is 1. The molecule has 0 amide bonds. The fourth-order valence-corrected chi connectivity index (χ4v) is 2.72. The average Bonchev–Trinajstić information content (AvgIpc) is 2.71. The van der Waals surface area contributed by atoms with Crippen molar-refractivity contribution in [2.45, 2.75) is 19.0 Å². The summed E-state index contributed by atoms with van der Waals surface area (Å²) in [5.74, 6) is 0.667. The Bertz CT molecular complexity index is 224. The fourth-order valence-electron chi connectivity index (χ4n) is 2.72. The fraction of sp³-hybridized carbons (Fsp3) is 1.00. The first-order valence-electron chi connectivity index (χ1n) is 6.38. The highest BCUT2D eigenvalue weighted by molar-refractivity contribution is 4.85. The quantitative estimate of drug-likeness (QED) is 0.726. The van der Waals surface area contributed by atoms with E-state index in [1.165, 1.54) is 26.2 Å². The molecule has 1 N–H and O–H groups in total. The number of rotatable bonds is 3. The van der Waals surface area contributed by atoms with Gasteiger partial charge in [-0.15, -0.1) is 0 Å². The van der Waals surface area contributed by atoms with Crippen LogP contribution in [0.5, 0.6) is 0 Å². The predicted molar refractivity (Wildman–Crippen MR) is 65.7 cm³/mol. The van der Waals surface area contributed by atoms with Crippen molar-refractivity contribution in [1.82, 2.24) is 15.1 Å². The van der Waals surface area contributed by atoms with Crippen LogP contribution >= 0.6 is 0 Å².